The molecule has 2 aromatic carbocycles. The first-order chi connectivity index (χ1) is 13.5. The normalized spacial score (nSPS) is 10.3. The van der Waals surface area contributed by atoms with Crippen LogP contribution in [0.15, 0.2) is 42.6 Å². The molecule has 28 heavy (non-hydrogen) atoms. The average molecular weight is 400 g/mol. The number of esters is 1. The number of carbonyl (C=O) groups is 1. The molecule has 0 amide bonds. The van der Waals surface area contributed by atoms with Gasteiger partial charge in [0.15, 0.2) is 5.82 Å². The highest BCUT2D eigenvalue weighted by atomic mass is 35.5. The van der Waals surface area contributed by atoms with Gasteiger partial charge in [0.25, 0.3) is 0 Å². The maximum absolute atomic E-state index is 11.9. The first kappa shape index (κ1) is 19.4. The molecular formula is C19H18ClN5O3. The van der Waals surface area contributed by atoms with Crippen molar-refractivity contribution in [2.24, 2.45) is 0 Å². The molecular weight excluding hydrogens is 382 g/mol. The number of carbonyl (C=O) groups excluding carboxylic acids is 1. The standard InChI is InChI=1S/C19H18ClN5O3/c1-11-8-15(16(27-2)9-13(11)20)23-19-24-17(10-21-25-19)22-14-7-5-4-6-12(14)18(26)28-3/h4-10H,1-3H3,(H2,22,23,24,25). The van der Waals surface area contributed by atoms with E-state index in [0.717, 1.165) is 5.56 Å². The van der Waals surface area contributed by atoms with Crippen LogP contribution in [0.3, 0.4) is 0 Å². The van der Waals surface area contributed by atoms with Crippen LogP contribution in [0.25, 0.3) is 0 Å². The van der Waals surface area contributed by atoms with Gasteiger partial charge in [-0.25, -0.2) is 4.79 Å². The number of nitrogens with zero attached hydrogens (tertiary/aromatic N) is 3. The average Bonchev–Trinajstić information content (AvgIpc) is 2.70. The van der Waals surface area contributed by atoms with Crippen LogP contribution in [-0.2, 0) is 4.74 Å². The second-order valence-electron chi connectivity index (χ2n) is 5.75. The topological polar surface area (TPSA) is 98.3 Å². The van der Waals surface area contributed by atoms with E-state index in [1.165, 1.54) is 13.3 Å². The highest BCUT2D eigenvalue weighted by Crippen LogP contribution is 2.32. The third-order valence-corrected chi connectivity index (χ3v) is 4.29. The van der Waals surface area contributed by atoms with Crippen LogP contribution in [0.4, 0.5) is 23.1 Å². The summed E-state index contributed by atoms with van der Waals surface area (Å²) in [6.45, 7) is 1.88. The third kappa shape index (κ3) is 4.29. The summed E-state index contributed by atoms with van der Waals surface area (Å²) in [4.78, 5) is 16.3. The van der Waals surface area contributed by atoms with Gasteiger partial charge in [-0.05, 0) is 30.7 Å². The molecule has 0 radical (unpaired) electrons. The monoisotopic (exact) mass is 399 g/mol. The number of rotatable bonds is 6. The minimum Gasteiger partial charge on any atom is -0.495 e. The SMILES string of the molecule is COC(=O)c1ccccc1Nc1cnnc(Nc2cc(C)c(Cl)cc2OC)n1. The molecule has 0 bridgehead atoms. The number of ether oxygens (including phenoxy) is 2. The smallest absolute Gasteiger partial charge is 0.339 e. The first-order valence-electron chi connectivity index (χ1n) is 8.27. The summed E-state index contributed by atoms with van der Waals surface area (Å²) in [5, 5.41) is 14.6. The Morgan fingerprint density at radius 3 is 2.64 bits per heavy atom. The van der Waals surface area contributed by atoms with Crippen molar-refractivity contribution in [1.29, 1.82) is 0 Å². The van der Waals surface area contributed by atoms with Crippen LogP contribution in [0.5, 0.6) is 5.75 Å². The van der Waals surface area contributed by atoms with Crippen LogP contribution < -0.4 is 15.4 Å². The van der Waals surface area contributed by atoms with Crippen LogP contribution in [0, 0.1) is 6.92 Å². The molecule has 0 aliphatic heterocycles. The lowest BCUT2D eigenvalue weighted by atomic mass is 10.2. The lowest BCUT2D eigenvalue weighted by Crippen LogP contribution is -2.07. The fourth-order valence-corrected chi connectivity index (χ4v) is 2.64. The van der Waals surface area contributed by atoms with Crippen molar-refractivity contribution in [3.05, 3.63) is 58.7 Å². The number of hydrogen-bond donors (Lipinski definition) is 2. The van der Waals surface area contributed by atoms with Gasteiger partial charge in [-0.2, -0.15) is 10.1 Å². The molecule has 2 N–H and O–H groups in total. The van der Waals surface area contributed by atoms with Crippen molar-refractivity contribution in [3.63, 3.8) is 0 Å². The summed E-state index contributed by atoms with van der Waals surface area (Å²) < 4.78 is 10.1. The molecule has 9 heteroatoms. The zero-order chi connectivity index (χ0) is 20.1. The Morgan fingerprint density at radius 2 is 1.89 bits per heavy atom. The van der Waals surface area contributed by atoms with E-state index in [4.69, 9.17) is 21.1 Å². The van der Waals surface area contributed by atoms with Crippen LogP contribution in [0.1, 0.15) is 15.9 Å². The lowest BCUT2D eigenvalue weighted by Gasteiger charge is -2.13. The highest BCUT2D eigenvalue weighted by Gasteiger charge is 2.13. The van der Waals surface area contributed by atoms with Crippen molar-refractivity contribution in [3.8, 4) is 5.75 Å². The maximum Gasteiger partial charge on any atom is 0.339 e. The van der Waals surface area contributed by atoms with Crippen molar-refractivity contribution in [2.75, 3.05) is 24.9 Å². The fourth-order valence-electron chi connectivity index (χ4n) is 2.49. The van der Waals surface area contributed by atoms with Gasteiger partial charge in [-0.3, -0.25) is 0 Å². The maximum atomic E-state index is 11.9. The Labute approximate surface area is 166 Å². The molecule has 1 aromatic heterocycles. The number of hydrogen-bond acceptors (Lipinski definition) is 8. The molecule has 0 fully saturated rings. The van der Waals surface area contributed by atoms with E-state index in [0.29, 0.717) is 33.5 Å². The zero-order valence-corrected chi connectivity index (χ0v) is 16.2. The van der Waals surface area contributed by atoms with Crippen LogP contribution >= 0.6 is 11.6 Å². The summed E-state index contributed by atoms with van der Waals surface area (Å²) in [5.41, 5.74) is 2.45. The first-order valence-corrected chi connectivity index (χ1v) is 8.65. The number of methoxy groups -OCH3 is 2. The predicted molar refractivity (Wildman–Crippen MR) is 107 cm³/mol. The summed E-state index contributed by atoms with van der Waals surface area (Å²) in [6, 6.07) is 10.5. The van der Waals surface area contributed by atoms with E-state index in [2.05, 4.69) is 25.8 Å². The number of aromatic nitrogens is 3. The van der Waals surface area contributed by atoms with Gasteiger partial charge in [0, 0.05) is 11.1 Å². The molecule has 0 saturated heterocycles. The minimum atomic E-state index is -0.454. The molecule has 3 rings (SSSR count). The van der Waals surface area contributed by atoms with Crippen LogP contribution in [-0.4, -0.2) is 35.4 Å². The molecule has 0 aliphatic rings. The fraction of sp³-hybridized carbons (Fsp3) is 0.158. The number of nitrogens with one attached hydrogen (secondary N) is 2. The largest absolute Gasteiger partial charge is 0.495 e. The van der Waals surface area contributed by atoms with Gasteiger partial charge in [-0.1, -0.05) is 23.7 Å². The van der Waals surface area contributed by atoms with E-state index < -0.39 is 5.97 Å². The Hall–Kier alpha value is -3.39. The van der Waals surface area contributed by atoms with Crippen molar-refractivity contribution < 1.29 is 14.3 Å². The van der Waals surface area contributed by atoms with E-state index >= 15 is 0 Å². The summed E-state index contributed by atoms with van der Waals surface area (Å²) in [6.07, 6.45) is 1.45. The van der Waals surface area contributed by atoms with Crippen molar-refractivity contribution in [1.82, 2.24) is 15.2 Å². The predicted octanol–water partition coefficient (Wildman–Crippen LogP) is 4.12. The van der Waals surface area contributed by atoms with E-state index in [9.17, 15) is 4.79 Å². The summed E-state index contributed by atoms with van der Waals surface area (Å²) >= 11 is 6.14. The number of halogens is 1. The molecule has 144 valence electrons. The summed E-state index contributed by atoms with van der Waals surface area (Å²) in [5.74, 6) is 0.748. The second kappa shape index (κ2) is 8.53. The number of anilines is 4. The van der Waals surface area contributed by atoms with Gasteiger partial charge in [-0.15, -0.1) is 5.10 Å². The Balaban J connectivity index is 1.87. The van der Waals surface area contributed by atoms with Gasteiger partial charge >= 0.3 is 5.97 Å². The van der Waals surface area contributed by atoms with Crippen molar-refractivity contribution >= 4 is 40.7 Å². The number of para-hydroxylation sites is 1. The Kier molecular flexibility index (Phi) is 5.90. The number of aryl methyl sites for hydroxylation is 1. The minimum absolute atomic E-state index is 0.251. The number of benzene rings is 2. The molecule has 8 nitrogen and oxygen atoms in total. The van der Waals surface area contributed by atoms with Crippen LogP contribution in [0.2, 0.25) is 5.02 Å². The molecule has 0 atom stereocenters. The molecule has 0 spiro atoms. The Bertz CT molecular complexity index is 1010. The van der Waals surface area contributed by atoms with Gasteiger partial charge in [0.1, 0.15) is 5.75 Å². The summed E-state index contributed by atoms with van der Waals surface area (Å²) in [7, 11) is 2.88. The lowest BCUT2D eigenvalue weighted by molar-refractivity contribution is 0.0602. The van der Waals surface area contributed by atoms with E-state index in [-0.39, 0.29) is 5.95 Å². The zero-order valence-electron chi connectivity index (χ0n) is 15.5. The molecule has 0 unspecified atom stereocenters. The van der Waals surface area contributed by atoms with Gasteiger partial charge < -0.3 is 20.1 Å². The van der Waals surface area contributed by atoms with Gasteiger partial charge in [0.2, 0.25) is 5.95 Å². The van der Waals surface area contributed by atoms with E-state index in [1.54, 1.807) is 37.4 Å². The molecule has 1 heterocycles. The quantitative estimate of drug-likeness (QED) is 0.597. The van der Waals surface area contributed by atoms with Gasteiger partial charge in [0.05, 0.1) is 37.4 Å². The molecule has 0 saturated carbocycles. The molecule has 3 aromatic rings. The van der Waals surface area contributed by atoms with Crippen molar-refractivity contribution in [2.45, 2.75) is 6.92 Å². The Morgan fingerprint density at radius 1 is 1.11 bits per heavy atom. The second-order valence-corrected chi connectivity index (χ2v) is 6.16. The third-order valence-electron chi connectivity index (χ3n) is 3.88. The molecule has 0 aliphatic carbocycles. The highest BCUT2D eigenvalue weighted by molar-refractivity contribution is 6.31. The van der Waals surface area contributed by atoms with E-state index in [1.807, 2.05) is 13.0 Å².